The predicted octanol–water partition coefficient (Wildman–Crippen LogP) is 3.29. The number of nitrogens with zero attached hydrogens (tertiary/aromatic N) is 3. The van der Waals surface area contributed by atoms with E-state index in [1.165, 1.54) is 6.20 Å². The van der Waals surface area contributed by atoms with Crippen LogP contribution in [0.2, 0.25) is 0 Å². The summed E-state index contributed by atoms with van der Waals surface area (Å²) in [7, 11) is 0. The van der Waals surface area contributed by atoms with Crippen molar-refractivity contribution in [2.75, 3.05) is 5.32 Å². The highest BCUT2D eigenvalue weighted by molar-refractivity contribution is 6.00. The van der Waals surface area contributed by atoms with Crippen LogP contribution in [0, 0.1) is 5.82 Å². The summed E-state index contributed by atoms with van der Waals surface area (Å²) >= 11 is 0. The topological polar surface area (TPSA) is 105 Å². The number of rotatable bonds is 4. The molecule has 5 rings (SSSR count). The van der Waals surface area contributed by atoms with E-state index < -0.39 is 5.82 Å². The van der Waals surface area contributed by atoms with Gasteiger partial charge in [-0.2, -0.15) is 5.10 Å². The van der Waals surface area contributed by atoms with Crippen LogP contribution in [0.15, 0.2) is 18.6 Å². The van der Waals surface area contributed by atoms with Crippen molar-refractivity contribution in [2.24, 2.45) is 5.73 Å². The van der Waals surface area contributed by atoms with E-state index in [4.69, 9.17) is 5.73 Å². The van der Waals surface area contributed by atoms with Crippen LogP contribution >= 0.6 is 0 Å². The van der Waals surface area contributed by atoms with Gasteiger partial charge in [0.05, 0.1) is 23.3 Å². The van der Waals surface area contributed by atoms with Gasteiger partial charge in [0.1, 0.15) is 0 Å². The molecule has 0 amide bonds. The van der Waals surface area contributed by atoms with E-state index in [1.807, 2.05) is 10.9 Å². The summed E-state index contributed by atoms with van der Waals surface area (Å²) in [6, 6.07) is 0.413. The zero-order chi connectivity index (χ0) is 18.5. The third kappa shape index (κ3) is 2.84. The number of aromatic nitrogens is 4. The van der Waals surface area contributed by atoms with Crippen LogP contribution in [0.5, 0.6) is 5.88 Å². The fraction of sp³-hybridized carbons (Fsp3) is 0.474. The molecular weight excluding hydrogens is 347 g/mol. The summed E-state index contributed by atoms with van der Waals surface area (Å²) in [5.74, 6) is -0.387. The van der Waals surface area contributed by atoms with E-state index in [-0.39, 0.29) is 23.8 Å². The molecule has 2 aliphatic carbocycles. The fourth-order valence-electron chi connectivity index (χ4n) is 3.99. The summed E-state index contributed by atoms with van der Waals surface area (Å²) in [4.78, 5) is 7.26. The minimum absolute atomic E-state index is 0.00669. The number of aromatic hydroxyl groups is 1. The highest BCUT2D eigenvalue weighted by Crippen LogP contribution is 2.39. The van der Waals surface area contributed by atoms with E-state index >= 15 is 4.39 Å². The van der Waals surface area contributed by atoms with Crippen LogP contribution in [-0.2, 0) is 0 Å². The first-order valence-corrected chi connectivity index (χ1v) is 9.58. The van der Waals surface area contributed by atoms with Crippen molar-refractivity contribution in [3.05, 3.63) is 24.4 Å². The standard InChI is InChI=1S/C19H23FN6O/c20-16-12-8-22-19(27)15(12)17(10-7-23-26(9-10)11-5-6-11)25-18(16)24-14-4-2-1-3-13(14)21/h7-9,11,13-14,22,24,27H,1-6,21H2/t13-,14+/m0/s1. The van der Waals surface area contributed by atoms with E-state index in [2.05, 4.69) is 20.4 Å². The maximum Gasteiger partial charge on any atom is 0.198 e. The molecule has 3 heterocycles. The SMILES string of the molecule is N[C@H]1CCCC[C@H]1Nc1nc(-c2cnn(C3CC3)c2)c2c(O)[nH]cc2c1F. The Labute approximate surface area is 155 Å². The van der Waals surface area contributed by atoms with Gasteiger partial charge in [0.15, 0.2) is 17.5 Å². The average molecular weight is 370 g/mol. The van der Waals surface area contributed by atoms with Crippen LogP contribution in [0.25, 0.3) is 22.0 Å². The Balaban J connectivity index is 1.60. The molecular formula is C19H23FN6O. The molecule has 7 nitrogen and oxygen atoms in total. The second kappa shape index (κ2) is 6.23. The van der Waals surface area contributed by atoms with Crippen molar-refractivity contribution in [1.29, 1.82) is 0 Å². The minimum atomic E-state index is -0.474. The van der Waals surface area contributed by atoms with Crippen molar-refractivity contribution in [3.63, 3.8) is 0 Å². The molecule has 2 atom stereocenters. The molecule has 2 fully saturated rings. The Hall–Kier alpha value is -2.61. The lowest BCUT2D eigenvalue weighted by Crippen LogP contribution is -2.43. The van der Waals surface area contributed by atoms with E-state index in [0.29, 0.717) is 22.5 Å². The monoisotopic (exact) mass is 370 g/mol. The third-order valence-electron chi connectivity index (χ3n) is 5.70. The Morgan fingerprint density at radius 2 is 2.07 bits per heavy atom. The summed E-state index contributed by atoms with van der Waals surface area (Å²) in [6.45, 7) is 0. The van der Waals surface area contributed by atoms with Crippen molar-refractivity contribution in [3.8, 4) is 17.1 Å². The zero-order valence-corrected chi connectivity index (χ0v) is 15.0. The van der Waals surface area contributed by atoms with Crippen molar-refractivity contribution in [1.82, 2.24) is 19.7 Å². The molecule has 0 radical (unpaired) electrons. The maximum atomic E-state index is 15.1. The second-order valence-corrected chi connectivity index (χ2v) is 7.69. The lowest BCUT2D eigenvalue weighted by Gasteiger charge is -2.30. The number of fused-ring (bicyclic) bond motifs is 1. The Kier molecular flexibility index (Phi) is 3.82. The van der Waals surface area contributed by atoms with Gasteiger partial charge in [0.2, 0.25) is 0 Å². The van der Waals surface area contributed by atoms with Gasteiger partial charge in [-0.1, -0.05) is 12.8 Å². The Morgan fingerprint density at radius 1 is 1.26 bits per heavy atom. The molecule has 0 aliphatic heterocycles. The lowest BCUT2D eigenvalue weighted by molar-refractivity contribution is 0.402. The fourth-order valence-corrected chi connectivity index (χ4v) is 3.99. The highest BCUT2D eigenvalue weighted by atomic mass is 19.1. The van der Waals surface area contributed by atoms with E-state index in [1.54, 1.807) is 6.20 Å². The minimum Gasteiger partial charge on any atom is -0.494 e. The molecule has 142 valence electrons. The molecule has 3 aromatic heterocycles. The van der Waals surface area contributed by atoms with Crippen LogP contribution in [-0.4, -0.2) is 36.9 Å². The number of pyridine rings is 1. The first-order chi connectivity index (χ1) is 13.1. The summed E-state index contributed by atoms with van der Waals surface area (Å²) in [5, 5.41) is 18.5. The van der Waals surface area contributed by atoms with Gasteiger partial charge < -0.3 is 21.1 Å². The van der Waals surface area contributed by atoms with E-state index in [9.17, 15) is 5.11 Å². The van der Waals surface area contributed by atoms with Gasteiger partial charge in [-0.15, -0.1) is 0 Å². The number of halogens is 1. The van der Waals surface area contributed by atoms with Crippen molar-refractivity contribution in [2.45, 2.75) is 56.7 Å². The lowest BCUT2D eigenvalue weighted by atomic mass is 9.91. The van der Waals surface area contributed by atoms with E-state index in [0.717, 1.165) is 44.1 Å². The van der Waals surface area contributed by atoms with Crippen LogP contribution in [0.3, 0.4) is 0 Å². The van der Waals surface area contributed by atoms with Gasteiger partial charge in [0.25, 0.3) is 0 Å². The molecule has 2 aliphatic rings. The first-order valence-electron chi connectivity index (χ1n) is 9.58. The molecule has 0 saturated heterocycles. The molecule has 0 aromatic carbocycles. The molecule has 0 spiro atoms. The normalized spacial score (nSPS) is 23.0. The maximum absolute atomic E-state index is 15.1. The smallest absolute Gasteiger partial charge is 0.198 e. The highest BCUT2D eigenvalue weighted by Gasteiger charge is 2.28. The average Bonchev–Trinajstić information content (AvgIpc) is 3.27. The van der Waals surface area contributed by atoms with Gasteiger partial charge in [-0.05, 0) is 25.7 Å². The second-order valence-electron chi connectivity index (χ2n) is 7.69. The summed E-state index contributed by atoms with van der Waals surface area (Å²) < 4.78 is 17.0. The zero-order valence-electron chi connectivity index (χ0n) is 15.0. The summed E-state index contributed by atoms with van der Waals surface area (Å²) in [6.07, 6.45) is 11.3. The van der Waals surface area contributed by atoms with Gasteiger partial charge in [-0.25, -0.2) is 9.37 Å². The quantitative estimate of drug-likeness (QED) is 0.564. The van der Waals surface area contributed by atoms with Gasteiger partial charge >= 0.3 is 0 Å². The molecule has 8 heteroatoms. The number of H-pyrrole nitrogens is 1. The van der Waals surface area contributed by atoms with Crippen LogP contribution < -0.4 is 11.1 Å². The molecule has 2 saturated carbocycles. The third-order valence-corrected chi connectivity index (χ3v) is 5.70. The number of hydrogen-bond donors (Lipinski definition) is 4. The Morgan fingerprint density at radius 3 is 2.85 bits per heavy atom. The molecule has 3 aromatic rings. The molecule has 27 heavy (non-hydrogen) atoms. The van der Waals surface area contributed by atoms with Gasteiger partial charge in [-0.3, -0.25) is 4.68 Å². The van der Waals surface area contributed by atoms with Gasteiger partial charge in [0, 0.05) is 35.4 Å². The van der Waals surface area contributed by atoms with Crippen molar-refractivity contribution >= 4 is 16.6 Å². The number of nitrogens with one attached hydrogen (secondary N) is 2. The van der Waals surface area contributed by atoms with Crippen LogP contribution in [0.4, 0.5) is 10.2 Å². The number of hydrogen-bond acceptors (Lipinski definition) is 5. The molecule has 0 unspecified atom stereocenters. The molecule has 5 N–H and O–H groups in total. The predicted molar refractivity (Wildman–Crippen MR) is 101 cm³/mol. The number of aromatic amines is 1. The first kappa shape index (κ1) is 16.6. The Bertz CT molecular complexity index is 992. The van der Waals surface area contributed by atoms with Crippen molar-refractivity contribution < 1.29 is 9.50 Å². The summed E-state index contributed by atoms with van der Waals surface area (Å²) in [5.41, 5.74) is 7.49. The van der Waals surface area contributed by atoms with Crippen LogP contribution in [0.1, 0.15) is 44.6 Å². The largest absolute Gasteiger partial charge is 0.494 e. The molecule has 0 bridgehead atoms. The number of anilines is 1. The number of nitrogens with two attached hydrogens (primary N) is 1.